The highest BCUT2D eigenvalue weighted by Gasteiger charge is 2.10. The molecule has 0 spiro atoms. The molecule has 8 heteroatoms. The summed E-state index contributed by atoms with van der Waals surface area (Å²) in [6.45, 7) is 0.681. The van der Waals surface area contributed by atoms with Crippen LogP contribution in [0.5, 0.6) is 0 Å². The van der Waals surface area contributed by atoms with Crippen molar-refractivity contribution in [3.63, 3.8) is 0 Å². The van der Waals surface area contributed by atoms with E-state index in [1.165, 1.54) is 18.4 Å². The fraction of sp³-hybridized carbons (Fsp3) is 0.400. The number of carbonyl (C=O) groups is 1. The molecule has 0 fully saturated rings. The summed E-state index contributed by atoms with van der Waals surface area (Å²) in [5.74, 6) is 0.472. The molecular weight excluding hydrogens is 254 g/mol. The van der Waals surface area contributed by atoms with Gasteiger partial charge in [0.05, 0.1) is 7.11 Å². The van der Waals surface area contributed by atoms with Gasteiger partial charge in [-0.25, -0.2) is 9.78 Å². The molecule has 18 heavy (non-hydrogen) atoms. The van der Waals surface area contributed by atoms with Crippen molar-refractivity contribution in [2.75, 3.05) is 19.0 Å². The number of aryl methyl sites for hydroxylation is 1. The highest BCUT2D eigenvalue weighted by Crippen LogP contribution is 2.15. The minimum Gasteiger partial charge on any atom is -0.464 e. The Labute approximate surface area is 108 Å². The van der Waals surface area contributed by atoms with Gasteiger partial charge in [0.25, 0.3) is 0 Å². The van der Waals surface area contributed by atoms with Crippen molar-refractivity contribution in [2.24, 2.45) is 7.05 Å². The second-order valence-electron chi connectivity index (χ2n) is 3.56. The summed E-state index contributed by atoms with van der Waals surface area (Å²) in [4.78, 5) is 15.3. The van der Waals surface area contributed by atoms with E-state index in [4.69, 9.17) is 0 Å². The number of aromatic nitrogens is 4. The molecule has 2 rings (SSSR count). The third-order valence-electron chi connectivity index (χ3n) is 2.33. The first-order valence-corrected chi connectivity index (χ1v) is 6.19. The van der Waals surface area contributed by atoms with Gasteiger partial charge in [-0.1, -0.05) is 0 Å². The monoisotopic (exact) mass is 267 g/mol. The number of esters is 1. The van der Waals surface area contributed by atoms with E-state index >= 15 is 0 Å². The zero-order valence-corrected chi connectivity index (χ0v) is 10.9. The van der Waals surface area contributed by atoms with Crippen LogP contribution in [-0.2, 0) is 18.2 Å². The highest BCUT2D eigenvalue weighted by atomic mass is 32.1. The predicted octanol–water partition coefficient (Wildman–Crippen LogP) is 0.713. The van der Waals surface area contributed by atoms with Gasteiger partial charge in [0, 0.05) is 25.4 Å². The molecule has 0 unspecified atom stereocenters. The number of carbonyl (C=O) groups excluding carboxylic acids is 1. The van der Waals surface area contributed by atoms with Gasteiger partial charge in [-0.15, -0.1) is 21.5 Å². The summed E-state index contributed by atoms with van der Waals surface area (Å²) < 4.78 is 6.45. The van der Waals surface area contributed by atoms with Crippen LogP contribution in [0.4, 0.5) is 5.13 Å². The maximum atomic E-state index is 11.2. The van der Waals surface area contributed by atoms with Crippen molar-refractivity contribution in [2.45, 2.75) is 6.42 Å². The van der Waals surface area contributed by atoms with Gasteiger partial charge in [0.1, 0.15) is 12.2 Å². The number of hydrogen-bond acceptors (Lipinski definition) is 7. The number of ether oxygens (including phenoxy) is 1. The molecule has 2 aromatic heterocycles. The third kappa shape index (κ3) is 2.83. The lowest BCUT2D eigenvalue weighted by atomic mass is 10.4. The third-order valence-corrected chi connectivity index (χ3v) is 3.13. The molecule has 1 N–H and O–H groups in total. The quantitative estimate of drug-likeness (QED) is 0.804. The molecule has 0 radical (unpaired) electrons. The van der Waals surface area contributed by atoms with Crippen LogP contribution in [0, 0.1) is 0 Å². The number of nitrogens with zero attached hydrogens (tertiary/aromatic N) is 4. The standard InChI is InChI=1S/C10H13N5O2S/c1-15-6-12-14-8(15)3-4-11-10-13-7(5-18-10)9(16)17-2/h5-6H,3-4H2,1-2H3,(H,11,13). The van der Waals surface area contributed by atoms with E-state index in [0.29, 0.717) is 17.4 Å². The van der Waals surface area contributed by atoms with E-state index in [-0.39, 0.29) is 0 Å². The topological polar surface area (TPSA) is 81.9 Å². The van der Waals surface area contributed by atoms with Crippen molar-refractivity contribution in [3.05, 3.63) is 23.2 Å². The zero-order chi connectivity index (χ0) is 13.0. The van der Waals surface area contributed by atoms with Crippen LogP contribution in [0.25, 0.3) is 0 Å². The van der Waals surface area contributed by atoms with E-state index < -0.39 is 5.97 Å². The first-order chi connectivity index (χ1) is 8.70. The fourth-order valence-electron chi connectivity index (χ4n) is 1.37. The molecule has 0 aliphatic carbocycles. The Morgan fingerprint density at radius 1 is 1.61 bits per heavy atom. The number of nitrogens with one attached hydrogen (secondary N) is 1. The van der Waals surface area contributed by atoms with Crippen LogP contribution in [0.3, 0.4) is 0 Å². The van der Waals surface area contributed by atoms with Gasteiger partial charge in [0.15, 0.2) is 10.8 Å². The van der Waals surface area contributed by atoms with Crippen molar-refractivity contribution in [1.82, 2.24) is 19.7 Å². The maximum absolute atomic E-state index is 11.2. The molecule has 0 bridgehead atoms. The van der Waals surface area contributed by atoms with Crippen LogP contribution >= 0.6 is 11.3 Å². The highest BCUT2D eigenvalue weighted by molar-refractivity contribution is 7.13. The van der Waals surface area contributed by atoms with E-state index in [9.17, 15) is 4.79 Å². The molecule has 7 nitrogen and oxygen atoms in total. The van der Waals surface area contributed by atoms with Gasteiger partial charge in [-0.3, -0.25) is 0 Å². The van der Waals surface area contributed by atoms with E-state index in [1.54, 1.807) is 11.7 Å². The van der Waals surface area contributed by atoms with Crippen LogP contribution in [0.15, 0.2) is 11.7 Å². The van der Waals surface area contributed by atoms with Crippen molar-refractivity contribution in [3.8, 4) is 0 Å². The number of rotatable bonds is 5. The van der Waals surface area contributed by atoms with Crippen molar-refractivity contribution < 1.29 is 9.53 Å². The molecule has 0 amide bonds. The lowest BCUT2D eigenvalue weighted by Gasteiger charge is -2.01. The smallest absolute Gasteiger partial charge is 0.357 e. The minimum atomic E-state index is -0.424. The average Bonchev–Trinajstić information content (AvgIpc) is 2.99. The number of methoxy groups -OCH3 is 1. The summed E-state index contributed by atoms with van der Waals surface area (Å²) in [7, 11) is 3.23. The normalized spacial score (nSPS) is 10.3. The Kier molecular flexibility index (Phi) is 3.88. The lowest BCUT2D eigenvalue weighted by molar-refractivity contribution is 0.0595. The summed E-state index contributed by atoms with van der Waals surface area (Å²) in [5.41, 5.74) is 0.323. The molecule has 2 aromatic rings. The van der Waals surface area contributed by atoms with E-state index in [0.717, 1.165) is 12.2 Å². The summed E-state index contributed by atoms with van der Waals surface area (Å²) in [6.07, 6.45) is 2.40. The first kappa shape index (κ1) is 12.5. The number of hydrogen-bond donors (Lipinski definition) is 1. The van der Waals surface area contributed by atoms with Crippen LogP contribution in [-0.4, -0.2) is 39.4 Å². The van der Waals surface area contributed by atoms with E-state index in [1.807, 2.05) is 11.6 Å². The molecule has 2 heterocycles. The fourth-order valence-corrected chi connectivity index (χ4v) is 2.08. The van der Waals surface area contributed by atoms with Gasteiger partial charge in [-0.05, 0) is 0 Å². The molecule has 0 saturated carbocycles. The average molecular weight is 267 g/mol. The van der Waals surface area contributed by atoms with Gasteiger partial charge in [0.2, 0.25) is 0 Å². The molecule has 96 valence electrons. The van der Waals surface area contributed by atoms with Crippen LogP contribution in [0.1, 0.15) is 16.3 Å². The van der Waals surface area contributed by atoms with Crippen LogP contribution < -0.4 is 5.32 Å². The van der Waals surface area contributed by atoms with E-state index in [2.05, 4.69) is 25.2 Å². The van der Waals surface area contributed by atoms with Gasteiger partial charge >= 0.3 is 5.97 Å². The van der Waals surface area contributed by atoms with Gasteiger partial charge < -0.3 is 14.6 Å². The zero-order valence-electron chi connectivity index (χ0n) is 10.1. The molecule has 0 aromatic carbocycles. The Hall–Kier alpha value is -1.96. The Morgan fingerprint density at radius 2 is 2.44 bits per heavy atom. The first-order valence-electron chi connectivity index (χ1n) is 5.31. The largest absolute Gasteiger partial charge is 0.464 e. The second-order valence-corrected chi connectivity index (χ2v) is 4.42. The minimum absolute atomic E-state index is 0.323. The maximum Gasteiger partial charge on any atom is 0.357 e. The Bertz CT molecular complexity index is 536. The summed E-state index contributed by atoms with van der Waals surface area (Å²) >= 11 is 1.37. The lowest BCUT2D eigenvalue weighted by Crippen LogP contribution is -2.09. The molecule has 0 saturated heterocycles. The molecule has 0 atom stereocenters. The summed E-state index contributed by atoms with van der Waals surface area (Å²) in [6, 6.07) is 0. The molecular formula is C10H13N5O2S. The summed E-state index contributed by atoms with van der Waals surface area (Å²) in [5, 5.41) is 13.3. The number of thiazole rings is 1. The predicted molar refractivity (Wildman–Crippen MR) is 66.7 cm³/mol. The van der Waals surface area contributed by atoms with Crippen LogP contribution in [0.2, 0.25) is 0 Å². The van der Waals surface area contributed by atoms with Crippen molar-refractivity contribution >= 4 is 22.4 Å². The second kappa shape index (κ2) is 5.58. The molecule has 0 aliphatic rings. The number of anilines is 1. The van der Waals surface area contributed by atoms with Crippen molar-refractivity contribution in [1.29, 1.82) is 0 Å². The molecule has 0 aliphatic heterocycles. The SMILES string of the molecule is COC(=O)c1csc(NCCc2nncn2C)n1. The van der Waals surface area contributed by atoms with Gasteiger partial charge in [-0.2, -0.15) is 0 Å². The Balaban J connectivity index is 1.85. The Morgan fingerprint density at radius 3 is 3.11 bits per heavy atom.